The Hall–Kier alpha value is -3.42. The third-order valence-corrected chi connectivity index (χ3v) is 5.23. The van der Waals surface area contributed by atoms with Crippen molar-refractivity contribution in [1.29, 1.82) is 0 Å². The molecule has 1 N–H and O–H groups in total. The zero-order chi connectivity index (χ0) is 22.8. The number of amides is 1. The number of halogens is 2. The number of aromatic nitrogens is 1. The highest BCUT2D eigenvalue weighted by Gasteiger charge is 2.17. The van der Waals surface area contributed by atoms with Gasteiger partial charge in [-0.1, -0.05) is 23.2 Å². The molecule has 0 bridgehead atoms. The second-order valence-electron chi connectivity index (χ2n) is 6.70. The monoisotopic (exact) mass is 472 g/mol. The molecular weight excluding hydrogens is 455 g/mol. The van der Waals surface area contributed by atoms with Crippen molar-refractivity contribution in [2.24, 2.45) is 0 Å². The summed E-state index contributed by atoms with van der Waals surface area (Å²) in [4.78, 5) is 17.2. The van der Waals surface area contributed by atoms with Crippen molar-refractivity contribution < 1.29 is 23.4 Å². The van der Waals surface area contributed by atoms with Crippen molar-refractivity contribution in [2.75, 3.05) is 26.6 Å². The van der Waals surface area contributed by atoms with E-state index in [0.29, 0.717) is 55.5 Å². The number of rotatable bonds is 6. The fourth-order valence-corrected chi connectivity index (χ4v) is 3.72. The molecule has 1 aromatic heterocycles. The van der Waals surface area contributed by atoms with Gasteiger partial charge < -0.3 is 23.9 Å². The van der Waals surface area contributed by atoms with E-state index in [4.69, 9.17) is 41.8 Å². The van der Waals surface area contributed by atoms with Crippen LogP contribution in [0.4, 0.5) is 5.69 Å². The van der Waals surface area contributed by atoms with Gasteiger partial charge in [-0.05, 0) is 48.5 Å². The Morgan fingerprint density at radius 3 is 2.19 bits per heavy atom. The Labute approximate surface area is 193 Å². The molecule has 164 valence electrons. The van der Waals surface area contributed by atoms with Gasteiger partial charge in [0.2, 0.25) is 11.6 Å². The van der Waals surface area contributed by atoms with Crippen LogP contribution in [0.1, 0.15) is 10.4 Å². The van der Waals surface area contributed by atoms with Crippen molar-refractivity contribution in [1.82, 2.24) is 4.98 Å². The van der Waals surface area contributed by atoms with Gasteiger partial charge in [0.1, 0.15) is 5.52 Å². The summed E-state index contributed by atoms with van der Waals surface area (Å²) in [7, 11) is 4.48. The molecule has 0 spiro atoms. The Morgan fingerprint density at radius 1 is 0.938 bits per heavy atom. The number of oxazole rings is 1. The minimum Gasteiger partial charge on any atom is -0.493 e. The first-order valence-corrected chi connectivity index (χ1v) is 10.2. The molecule has 4 aromatic rings. The SMILES string of the molecule is COc1cc(C(=O)Nc2ccc(-c3nc4cc(Cl)cc(Cl)c4o3)cc2)cc(OC)c1OC. The summed E-state index contributed by atoms with van der Waals surface area (Å²) in [5.41, 5.74) is 2.70. The molecule has 0 radical (unpaired) electrons. The van der Waals surface area contributed by atoms with Gasteiger partial charge in [0, 0.05) is 21.8 Å². The van der Waals surface area contributed by atoms with Gasteiger partial charge in [-0.25, -0.2) is 4.98 Å². The van der Waals surface area contributed by atoms with Gasteiger partial charge >= 0.3 is 0 Å². The largest absolute Gasteiger partial charge is 0.493 e. The molecule has 1 heterocycles. The maximum Gasteiger partial charge on any atom is 0.255 e. The molecule has 0 saturated heterocycles. The van der Waals surface area contributed by atoms with Crippen LogP contribution < -0.4 is 19.5 Å². The van der Waals surface area contributed by atoms with Gasteiger partial charge in [0.25, 0.3) is 5.91 Å². The second-order valence-corrected chi connectivity index (χ2v) is 7.54. The first-order chi connectivity index (χ1) is 15.4. The van der Waals surface area contributed by atoms with Crippen LogP contribution in [0.15, 0.2) is 52.9 Å². The summed E-state index contributed by atoms with van der Waals surface area (Å²) in [6.07, 6.45) is 0. The van der Waals surface area contributed by atoms with E-state index < -0.39 is 0 Å². The third kappa shape index (κ3) is 4.17. The minimum atomic E-state index is -0.333. The number of anilines is 1. The number of carbonyl (C=O) groups is 1. The zero-order valence-corrected chi connectivity index (χ0v) is 18.9. The predicted molar refractivity (Wildman–Crippen MR) is 124 cm³/mol. The molecule has 4 rings (SSSR count). The molecule has 0 unspecified atom stereocenters. The van der Waals surface area contributed by atoms with Crippen LogP contribution in [0.5, 0.6) is 17.2 Å². The van der Waals surface area contributed by atoms with E-state index in [1.54, 1.807) is 48.5 Å². The summed E-state index contributed by atoms with van der Waals surface area (Å²) in [5.74, 6) is 1.26. The van der Waals surface area contributed by atoms with Crippen LogP contribution in [0.2, 0.25) is 10.0 Å². The van der Waals surface area contributed by atoms with Crippen molar-refractivity contribution >= 4 is 45.9 Å². The maximum atomic E-state index is 12.8. The van der Waals surface area contributed by atoms with Crippen molar-refractivity contribution in [3.63, 3.8) is 0 Å². The van der Waals surface area contributed by atoms with Gasteiger partial charge in [0.05, 0.1) is 26.4 Å². The summed E-state index contributed by atoms with van der Waals surface area (Å²) in [6, 6.07) is 13.5. The lowest BCUT2D eigenvalue weighted by Gasteiger charge is -2.14. The number of methoxy groups -OCH3 is 3. The molecule has 7 nitrogen and oxygen atoms in total. The lowest BCUT2D eigenvalue weighted by Crippen LogP contribution is -2.12. The average molecular weight is 473 g/mol. The van der Waals surface area contributed by atoms with Gasteiger partial charge in [0.15, 0.2) is 17.1 Å². The van der Waals surface area contributed by atoms with Crippen LogP contribution in [-0.4, -0.2) is 32.2 Å². The Morgan fingerprint density at radius 2 is 1.59 bits per heavy atom. The number of carbonyl (C=O) groups excluding carboxylic acids is 1. The van der Waals surface area contributed by atoms with E-state index in [-0.39, 0.29) is 5.91 Å². The van der Waals surface area contributed by atoms with Crippen molar-refractivity contribution in [3.8, 4) is 28.7 Å². The van der Waals surface area contributed by atoms with Crippen LogP contribution in [0, 0.1) is 0 Å². The zero-order valence-electron chi connectivity index (χ0n) is 17.4. The topological polar surface area (TPSA) is 82.8 Å². The number of ether oxygens (including phenoxy) is 3. The normalized spacial score (nSPS) is 10.8. The predicted octanol–water partition coefficient (Wildman–Crippen LogP) is 6.08. The van der Waals surface area contributed by atoms with Crippen LogP contribution >= 0.6 is 23.2 Å². The summed E-state index contributed by atoms with van der Waals surface area (Å²) < 4.78 is 21.7. The number of benzene rings is 3. The Balaban J connectivity index is 1.57. The number of hydrogen-bond acceptors (Lipinski definition) is 6. The molecule has 0 fully saturated rings. The number of fused-ring (bicyclic) bond motifs is 1. The lowest BCUT2D eigenvalue weighted by atomic mass is 10.1. The fourth-order valence-electron chi connectivity index (χ4n) is 3.19. The number of nitrogens with one attached hydrogen (secondary N) is 1. The third-order valence-electron chi connectivity index (χ3n) is 4.73. The molecule has 0 aliphatic carbocycles. The standard InChI is InChI=1S/C23H18Cl2N2O5/c1-29-18-8-13(9-19(30-2)21(18)31-3)22(28)26-15-6-4-12(5-7-15)23-27-17-11-14(24)10-16(25)20(17)32-23/h4-11H,1-3H3,(H,26,28). The second kappa shape index (κ2) is 8.98. The molecule has 9 heteroatoms. The first-order valence-electron chi connectivity index (χ1n) is 9.41. The number of hydrogen-bond donors (Lipinski definition) is 1. The highest BCUT2D eigenvalue weighted by Crippen LogP contribution is 2.38. The van der Waals surface area contributed by atoms with Gasteiger partial charge in [-0.15, -0.1) is 0 Å². The number of nitrogens with zero attached hydrogens (tertiary/aromatic N) is 1. The highest BCUT2D eigenvalue weighted by atomic mass is 35.5. The van der Waals surface area contributed by atoms with E-state index >= 15 is 0 Å². The van der Waals surface area contributed by atoms with Gasteiger partial charge in [-0.2, -0.15) is 0 Å². The maximum absolute atomic E-state index is 12.8. The molecule has 3 aromatic carbocycles. The Bertz CT molecular complexity index is 1280. The molecule has 0 aliphatic rings. The fraction of sp³-hybridized carbons (Fsp3) is 0.130. The first kappa shape index (κ1) is 21.8. The van der Waals surface area contributed by atoms with E-state index in [0.717, 1.165) is 5.56 Å². The van der Waals surface area contributed by atoms with E-state index in [1.807, 2.05) is 0 Å². The summed E-state index contributed by atoms with van der Waals surface area (Å²) >= 11 is 12.2. The van der Waals surface area contributed by atoms with E-state index in [1.165, 1.54) is 21.3 Å². The van der Waals surface area contributed by atoms with Crippen LogP contribution in [0.25, 0.3) is 22.6 Å². The minimum absolute atomic E-state index is 0.333. The molecule has 0 aliphatic heterocycles. The molecular formula is C23H18Cl2N2O5. The quantitative estimate of drug-likeness (QED) is 0.366. The van der Waals surface area contributed by atoms with Gasteiger partial charge in [-0.3, -0.25) is 4.79 Å². The molecule has 32 heavy (non-hydrogen) atoms. The molecule has 1 amide bonds. The average Bonchev–Trinajstić information content (AvgIpc) is 3.22. The van der Waals surface area contributed by atoms with Crippen molar-refractivity contribution in [2.45, 2.75) is 0 Å². The van der Waals surface area contributed by atoms with E-state index in [9.17, 15) is 4.79 Å². The van der Waals surface area contributed by atoms with Crippen LogP contribution in [-0.2, 0) is 0 Å². The van der Waals surface area contributed by atoms with Crippen LogP contribution in [0.3, 0.4) is 0 Å². The smallest absolute Gasteiger partial charge is 0.255 e. The highest BCUT2D eigenvalue weighted by molar-refractivity contribution is 6.38. The van der Waals surface area contributed by atoms with E-state index in [2.05, 4.69) is 10.3 Å². The lowest BCUT2D eigenvalue weighted by molar-refractivity contribution is 0.102. The summed E-state index contributed by atoms with van der Waals surface area (Å²) in [6.45, 7) is 0. The summed E-state index contributed by atoms with van der Waals surface area (Å²) in [5, 5.41) is 3.71. The molecule has 0 atom stereocenters. The Kier molecular flexibility index (Phi) is 6.12. The van der Waals surface area contributed by atoms with Crippen molar-refractivity contribution in [3.05, 3.63) is 64.1 Å². The molecule has 0 saturated carbocycles.